The molecule has 0 aromatic carbocycles. The molecule has 2 unspecified atom stereocenters. The Hall–Kier alpha value is -3.41. The Balaban J connectivity index is 2.27. The minimum atomic E-state index is -0.826. The van der Waals surface area contributed by atoms with Crippen LogP contribution in [-0.4, -0.2) is 67.2 Å². The SMILES string of the molecule is CCC(C)[C@H](NC(=O)OC(C)(C)C)[C@@H](C)Nc1nc(NC2C=C(OCCOC)N=CC2)c(C(N)=O)cc1F. The molecular weight excluding hydrogens is 495 g/mol. The molecule has 2 heterocycles. The molecule has 1 aromatic heterocycles. The number of aromatic nitrogens is 1. The Bertz CT molecular complexity index is 1030. The van der Waals surface area contributed by atoms with E-state index in [0.29, 0.717) is 25.5 Å². The van der Waals surface area contributed by atoms with Crippen LogP contribution in [0.3, 0.4) is 0 Å². The molecule has 12 heteroatoms. The first-order chi connectivity index (χ1) is 17.8. The summed E-state index contributed by atoms with van der Waals surface area (Å²) in [7, 11) is 1.57. The zero-order chi connectivity index (χ0) is 28.5. The van der Waals surface area contributed by atoms with E-state index in [1.54, 1.807) is 40.2 Å². The molecule has 2 rings (SSSR count). The van der Waals surface area contributed by atoms with E-state index in [2.05, 4.69) is 25.9 Å². The molecule has 5 N–H and O–H groups in total. The summed E-state index contributed by atoms with van der Waals surface area (Å²) in [6.07, 6.45) is 4.10. The monoisotopic (exact) mass is 536 g/mol. The number of nitrogens with zero attached hydrogens (tertiary/aromatic N) is 2. The van der Waals surface area contributed by atoms with Gasteiger partial charge in [0.05, 0.1) is 24.3 Å². The molecule has 0 radical (unpaired) electrons. The number of primary amides is 1. The van der Waals surface area contributed by atoms with Gasteiger partial charge in [-0.05, 0) is 39.7 Å². The van der Waals surface area contributed by atoms with Crippen LogP contribution in [-0.2, 0) is 14.2 Å². The molecule has 0 bridgehead atoms. The van der Waals surface area contributed by atoms with Crippen LogP contribution in [0.4, 0.5) is 20.8 Å². The van der Waals surface area contributed by atoms with Gasteiger partial charge < -0.3 is 35.9 Å². The molecule has 11 nitrogen and oxygen atoms in total. The summed E-state index contributed by atoms with van der Waals surface area (Å²) in [5.41, 5.74) is 4.76. The van der Waals surface area contributed by atoms with E-state index in [-0.39, 0.29) is 29.2 Å². The van der Waals surface area contributed by atoms with Crippen LogP contribution in [0.1, 0.15) is 64.7 Å². The van der Waals surface area contributed by atoms with Crippen LogP contribution in [0.25, 0.3) is 0 Å². The predicted molar refractivity (Wildman–Crippen MR) is 145 cm³/mol. The number of halogens is 1. The molecular formula is C26H41FN6O5. The van der Waals surface area contributed by atoms with Crippen molar-refractivity contribution in [2.24, 2.45) is 16.6 Å². The first-order valence-corrected chi connectivity index (χ1v) is 12.7. The highest BCUT2D eigenvalue weighted by molar-refractivity contribution is 5.98. The zero-order valence-electron chi connectivity index (χ0n) is 23.3. The number of rotatable bonds is 13. The molecule has 4 atom stereocenters. The number of carbonyl (C=O) groups is 2. The number of amides is 2. The van der Waals surface area contributed by atoms with Gasteiger partial charge in [-0.1, -0.05) is 20.3 Å². The van der Waals surface area contributed by atoms with E-state index in [4.69, 9.17) is 19.9 Å². The van der Waals surface area contributed by atoms with Gasteiger partial charge >= 0.3 is 6.09 Å². The number of nitrogens with one attached hydrogen (secondary N) is 3. The summed E-state index contributed by atoms with van der Waals surface area (Å²) < 4.78 is 31.0. The molecule has 1 aliphatic rings. The van der Waals surface area contributed by atoms with Crippen molar-refractivity contribution in [1.29, 1.82) is 0 Å². The van der Waals surface area contributed by atoms with E-state index in [9.17, 15) is 9.59 Å². The van der Waals surface area contributed by atoms with E-state index >= 15 is 4.39 Å². The summed E-state index contributed by atoms with van der Waals surface area (Å²) in [5, 5.41) is 9.07. The van der Waals surface area contributed by atoms with Gasteiger partial charge in [0.2, 0.25) is 5.88 Å². The van der Waals surface area contributed by atoms with Crippen LogP contribution in [0.15, 0.2) is 23.0 Å². The second-order valence-electron chi connectivity index (χ2n) is 10.2. The Morgan fingerprint density at radius 2 is 1.95 bits per heavy atom. The fraction of sp³-hybridized carbons (Fsp3) is 0.615. The van der Waals surface area contributed by atoms with Crippen molar-refractivity contribution < 1.29 is 28.2 Å². The lowest BCUT2D eigenvalue weighted by atomic mass is 9.93. The number of ether oxygens (including phenoxy) is 3. The number of methoxy groups -OCH3 is 1. The van der Waals surface area contributed by atoms with Crippen LogP contribution in [0.5, 0.6) is 0 Å². The second-order valence-corrected chi connectivity index (χ2v) is 10.2. The third-order valence-corrected chi connectivity index (χ3v) is 5.87. The van der Waals surface area contributed by atoms with Crippen LogP contribution in [0, 0.1) is 11.7 Å². The minimum Gasteiger partial charge on any atom is -0.475 e. The zero-order valence-corrected chi connectivity index (χ0v) is 23.3. The van der Waals surface area contributed by atoms with Gasteiger partial charge in [0, 0.05) is 31.9 Å². The predicted octanol–water partition coefficient (Wildman–Crippen LogP) is 3.82. The van der Waals surface area contributed by atoms with E-state index in [1.165, 1.54) is 0 Å². The quantitative estimate of drug-likeness (QED) is 0.278. The molecule has 0 saturated heterocycles. The van der Waals surface area contributed by atoms with Crippen molar-refractivity contribution in [3.63, 3.8) is 0 Å². The highest BCUT2D eigenvalue weighted by Gasteiger charge is 2.29. The lowest BCUT2D eigenvalue weighted by Crippen LogP contribution is -2.50. The lowest BCUT2D eigenvalue weighted by Gasteiger charge is -2.32. The van der Waals surface area contributed by atoms with Crippen LogP contribution in [0.2, 0.25) is 0 Å². The molecule has 38 heavy (non-hydrogen) atoms. The highest BCUT2D eigenvalue weighted by Crippen LogP contribution is 2.25. The largest absolute Gasteiger partial charge is 0.475 e. The van der Waals surface area contributed by atoms with E-state index in [1.807, 2.05) is 20.8 Å². The molecule has 2 amide bonds. The maximum Gasteiger partial charge on any atom is 0.407 e. The Morgan fingerprint density at radius 1 is 1.24 bits per heavy atom. The number of anilines is 2. The molecule has 212 valence electrons. The van der Waals surface area contributed by atoms with Gasteiger partial charge in [-0.2, -0.15) is 0 Å². The third-order valence-electron chi connectivity index (χ3n) is 5.87. The maximum absolute atomic E-state index is 15.1. The van der Waals surface area contributed by atoms with Gasteiger partial charge in [0.25, 0.3) is 5.91 Å². The summed E-state index contributed by atoms with van der Waals surface area (Å²) in [6, 6.07) is -0.113. The molecule has 0 fully saturated rings. The van der Waals surface area contributed by atoms with Crippen molar-refractivity contribution in [3.05, 3.63) is 29.4 Å². The summed E-state index contributed by atoms with van der Waals surface area (Å²) in [5.74, 6) is -1.12. The van der Waals surface area contributed by atoms with Gasteiger partial charge in [0.1, 0.15) is 18.0 Å². The molecule has 0 spiro atoms. The standard InChI is InChI=1S/C26H41FN6O5/c1-8-15(2)21(32-25(35)38-26(4,5)6)16(3)30-24-19(27)14-18(22(28)34)23(33-24)31-17-9-10-29-20(13-17)37-12-11-36-7/h10,13-17,21H,8-9,11-12H2,1-7H3,(H2,28,34)(H,32,35)(H2,30,31,33)/t15?,16-,17?,21+/m1/s1. The molecule has 0 aliphatic carbocycles. The van der Waals surface area contributed by atoms with Crippen molar-refractivity contribution in [3.8, 4) is 0 Å². The number of hydrogen-bond donors (Lipinski definition) is 4. The topological polar surface area (TPSA) is 149 Å². The number of alkyl carbamates (subject to hydrolysis) is 1. The second kappa shape index (κ2) is 13.9. The Kier molecular flexibility index (Phi) is 11.3. The minimum absolute atomic E-state index is 0.0405. The average molecular weight is 537 g/mol. The number of aliphatic imine (C=N–C) groups is 1. The van der Waals surface area contributed by atoms with Crippen molar-refractivity contribution in [2.45, 2.75) is 78.1 Å². The van der Waals surface area contributed by atoms with Gasteiger partial charge in [-0.15, -0.1) is 0 Å². The summed E-state index contributed by atoms with van der Waals surface area (Å²) in [4.78, 5) is 33.1. The molecule has 1 aromatic rings. The Morgan fingerprint density at radius 3 is 2.55 bits per heavy atom. The number of nitrogens with two attached hydrogens (primary N) is 1. The normalized spacial score (nSPS) is 17.6. The van der Waals surface area contributed by atoms with Crippen molar-refractivity contribution in [1.82, 2.24) is 10.3 Å². The number of carbonyl (C=O) groups excluding carboxylic acids is 2. The van der Waals surface area contributed by atoms with Crippen LogP contribution < -0.4 is 21.7 Å². The number of hydrogen-bond acceptors (Lipinski definition) is 9. The van der Waals surface area contributed by atoms with Gasteiger partial charge in [0.15, 0.2) is 11.6 Å². The maximum atomic E-state index is 15.1. The van der Waals surface area contributed by atoms with Crippen molar-refractivity contribution in [2.75, 3.05) is 31.0 Å². The van der Waals surface area contributed by atoms with Crippen molar-refractivity contribution >= 4 is 29.9 Å². The number of pyridine rings is 1. The van der Waals surface area contributed by atoms with Gasteiger partial charge in [-0.3, -0.25) is 4.79 Å². The lowest BCUT2D eigenvalue weighted by molar-refractivity contribution is 0.0481. The fourth-order valence-electron chi connectivity index (χ4n) is 3.78. The first kappa shape index (κ1) is 30.8. The first-order valence-electron chi connectivity index (χ1n) is 12.7. The van der Waals surface area contributed by atoms with E-state index in [0.717, 1.165) is 12.5 Å². The van der Waals surface area contributed by atoms with Crippen LogP contribution >= 0.6 is 0 Å². The summed E-state index contributed by atoms with van der Waals surface area (Å²) in [6.45, 7) is 11.9. The Labute approximate surface area is 223 Å². The molecule has 0 saturated carbocycles. The third kappa shape index (κ3) is 9.47. The van der Waals surface area contributed by atoms with Gasteiger partial charge in [-0.25, -0.2) is 19.2 Å². The average Bonchev–Trinajstić information content (AvgIpc) is 2.83. The molecule has 1 aliphatic heterocycles. The summed E-state index contributed by atoms with van der Waals surface area (Å²) >= 11 is 0. The van der Waals surface area contributed by atoms with E-state index < -0.39 is 35.5 Å². The fourth-order valence-corrected chi connectivity index (χ4v) is 3.78. The smallest absolute Gasteiger partial charge is 0.407 e. The highest BCUT2D eigenvalue weighted by atomic mass is 19.1.